The third-order valence-corrected chi connectivity index (χ3v) is 6.10. The molecule has 3 rings (SSSR count). The van der Waals surface area contributed by atoms with Gasteiger partial charge in [-0.2, -0.15) is 0 Å². The average Bonchev–Trinajstić information content (AvgIpc) is 3.09. The van der Waals surface area contributed by atoms with Gasteiger partial charge in [0.15, 0.2) is 0 Å². The van der Waals surface area contributed by atoms with E-state index in [1.54, 1.807) is 0 Å². The summed E-state index contributed by atoms with van der Waals surface area (Å²) in [4.78, 5) is 0.102. The Morgan fingerprint density at radius 3 is 2.59 bits per heavy atom. The first-order valence-corrected chi connectivity index (χ1v) is 10.3. The van der Waals surface area contributed by atoms with E-state index in [1.165, 1.54) is 36.4 Å². The van der Waals surface area contributed by atoms with Gasteiger partial charge < -0.3 is 9.30 Å². The van der Waals surface area contributed by atoms with E-state index in [1.807, 2.05) is 35.0 Å². The van der Waals surface area contributed by atoms with Crippen molar-refractivity contribution in [2.75, 3.05) is 7.11 Å². The summed E-state index contributed by atoms with van der Waals surface area (Å²) in [6.45, 7) is 2.94. The van der Waals surface area contributed by atoms with Crippen molar-refractivity contribution in [1.82, 2.24) is 9.29 Å². The number of benzene rings is 2. The summed E-state index contributed by atoms with van der Waals surface area (Å²) < 4.78 is 34.9. The lowest BCUT2D eigenvalue weighted by molar-refractivity contribution is 0.414. The van der Waals surface area contributed by atoms with Crippen LogP contribution in [-0.2, 0) is 23.1 Å². The summed E-state index contributed by atoms with van der Waals surface area (Å²) in [7, 11) is -2.20. The maximum Gasteiger partial charge on any atom is 0.240 e. The van der Waals surface area contributed by atoms with Crippen LogP contribution in [0.3, 0.4) is 0 Å². The molecule has 0 aliphatic carbocycles. The lowest BCUT2D eigenvalue weighted by Gasteiger charge is -2.13. The first-order chi connectivity index (χ1) is 12.9. The molecule has 1 N–H and O–H groups in total. The van der Waals surface area contributed by atoms with E-state index < -0.39 is 10.0 Å². The van der Waals surface area contributed by atoms with Crippen molar-refractivity contribution in [3.63, 3.8) is 0 Å². The zero-order valence-corrected chi connectivity index (χ0v) is 16.7. The second-order valence-corrected chi connectivity index (χ2v) is 8.35. The molecule has 27 heavy (non-hydrogen) atoms. The SMILES string of the molecule is COc1ccc(S(=O)(=O)NCc2cccn2Cc2ccccc2C)cc1Cl. The molecule has 0 saturated heterocycles. The molecule has 2 aromatic carbocycles. The van der Waals surface area contributed by atoms with Crippen molar-refractivity contribution < 1.29 is 13.2 Å². The van der Waals surface area contributed by atoms with Crippen LogP contribution in [0.15, 0.2) is 65.7 Å². The maximum absolute atomic E-state index is 12.6. The van der Waals surface area contributed by atoms with E-state index in [-0.39, 0.29) is 16.5 Å². The third kappa shape index (κ3) is 4.53. The van der Waals surface area contributed by atoms with Crippen LogP contribution < -0.4 is 9.46 Å². The highest BCUT2D eigenvalue weighted by Crippen LogP contribution is 2.27. The minimum Gasteiger partial charge on any atom is -0.495 e. The van der Waals surface area contributed by atoms with E-state index in [4.69, 9.17) is 16.3 Å². The number of hydrogen-bond donors (Lipinski definition) is 1. The molecule has 3 aromatic rings. The largest absolute Gasteiger partial charge is 0.495 e. The third-order valence-electron chi connectivity index (χ3n) is 4.40. The van der Waals surface area contributed by atoms with Gasteiger partial charge >= 0.3 is 0 Å². The number of nitrogens with zero attached hydrogens (tertiary/aromatic N) is 1. The van der Waals surface area contributed by atoms with Crippen molar-refractivity contribution in [1.29, 1.82) is 0 Å². The number of aromatic nitrogens is 1. The predicted octanol–water partition coefficient (Wildman–Crippen LogP) is 3.99. The normalized spacial score (nSPS) is 11.5. The average molecular weight is 405 g/mol. The molecule has 142 valence electrons. The van der Waals surface area contributed by atoms with Crippen LogP contribution in [0.2, 0.25) is 5.02 Å². The molecule has 0 radical (unpaired) electrons. The van der Waals surface area contributed by atoms with E-state index in [9.17, 15) is 8.42 Å². The summed E-state index contributed by atoms with van der Waals surface area (Å²) in [5.41, 5.74) is 3.27. The van der Waals surface area contributed by atoms with Gasteiger partial charge in [-0.25, -0.2) is 13.1 Å². The Hall–Kier alpha value is -2.28. The van der Waals surface area contributed by atoms with Crippen LogP contribution in [0.1, 0.15) is 16.8 Å². The molecule has 7 heteroatoms. The number of aryl methyl sites for hydroxylation is 1. The van der Waals surface area contributed by atoms with Gasteiger partial charge in [-0.15, -0.1) is 0 Å². The van der Waals surface area contributed by atoms with Crippen molar-refractivity contribution >= 4 is 21.6 Å². The fourth-order valence-corrected chi connectivity index (χ4v) is 4.15. The minimum absolute atomic E-state index is 0.102. The summed E-state index contributed by atoms with van der Waals surface area (Å²) >= 11 is 6.04. The summed E-state index contributed by atoms with van der Waals surface area (Å²) in [5.74, 6) is 0.433. The molecule has 0 unspecified atom stereocenters. The molecule has 5 nitrogen and oxygen atoms in total. The monoisotopic (exact) mass is 404 g/mol. The fraction of sp³-hybridized carbons (Fsp3) is 0.200. The Morgan fingerprint density at radius 2 is 1.89 bits per heavy atom. The maximum atomic E-state index is 12.6. The number of hydrogen-bond acceptors (Lipinski definition) is 3. The number of methoxy groups -OCH3 is 1. The molecule has 0 atom stereocenters. The Labute approximate surface area is 164 Å². The Morgan fingerprint density at radius 1 is 1.11 bits per heavy atom. The molecule has 0 aliphatic heterocycles. The highest BCUT2D eigenvalue weighted by atomic mass is 35.5. The number of nitrogens with one attached hydrogen (secondary N) is 1. The number of rotatable bonds is 7. The van der Waals surface area contributed by atoms with E-state index >= 15 is 0 Å². The fourth-order valence-electron chi connectivity index (χ4n) is 2.80. The quantitative estimate of drug-likeness (QED) is 0.647. The summed E-state index contributed by atoms with van der Waals surface area (Å²) in [5, 5.41) is 0.253. The van der Waals surface area contributed by atoms with Crippen molar-refractivity contribution in [3.8, 4) is 5.75 Å². The summed E-state index contributed by atoms with van der Waals surface area (Å²) in [6.07, 6.45) is 1.94. The molecular weight excluding hydrogens is 384 g/mol. The van der Waals surface area contributed by atoms with Gasteiger partial charge in [0.05, 0.1) is 23.6 Å². The molecule has 0 amide bonds. The number of halogens is 1. The molecule has 0 saturated carbocycles. The smallest absolute Gasteiger partial charge is 0.240 e. The van der Waals surface area contributed by atoms with Crippen LogP contribution in [0, 0.1) is 6.92 Å². The van der Waals surface area contributed by atoms with Crippen LogP contribution >= 0.6 is 11.6 Å². The molecule has 0 bridgehead atoms. The predicted molar refractivity (Wildman–Crippen MR) is 107 cm³/mol. The lowest BCUT2D eigenvalue weighted by atomic mass is 10.1. The van der Waals surface area contributed by atoms with E-state index in [0.29, 0.717) is 12.3 Å². The first kappa shape index (κ1) is 19.5. The molecule has 1 aromatic heterocycles. The second kappa shape index (κ2) is 8.17. The Bertz CT molecular complexity index is 1040. The highest BCUT2D eigenvalue weighted by Gasteiger charge is 2.16. The minimum atomic E-state index is -3.68. The van der Waals surface area contributed by atoms with Crippen LogP contribution in [0.5, 0.6) is 5.75 Å². The topological polar surface area (TPSA) is 60.3 Å². The van der Waals surface area contributed by atoms with E-state index in [0.717, 1.165) is 5.69 Å². The Kier molecular flexibility index (Phi) is 5.89. The first-order valence-electron chi connectivity index (χ1n) is 8.42. The summed E-state index contributed by atoms with van der Waals surface area (Å²) in [6, 6.07) is 16.3. The van der Waals surface area contributed by atoms with Crippen molar-refractivity contribution in [2.45, 2.75) is 24.9 Å². The molecule has 0 aliphatic rings. The van der Waals surface area contributed by atoms with Crippen molar-refractivity contribution in [3.05, 3.63) is 82.6 Å². The number of ether oxygens (including phenoxy) is 1. The zero-order valence-electron chi connectivity index (χ0n) is 15.1. The van der Waals surface area contributed by atoms with Crippen molar-refractivity contribution in [2.24, 2.45) is 0 Å². The standard InChI is InChI=1S/C20H21ClN2O3S/c1-15-6-3-4-7-16(15)14-23-11-5-8-17(23)13-22-27(24,25)18-9-10-20(26-2)19(21)12-18/h3-12,22H,13-14H2,1-2H3. The van der Waals surface area contributed by atoms with Gasteiger partial charge in [-0.3, -0.25) is 0 Å². The zero-order chi connectivity index (χ0) is 19.4. The van der Waals surface area contributed by atoms with Gasteiger partial charge in [0.1, 0.15) is 5.75 Å². The van der Waals surface area contributed by atoms with Crippen LogP contribution in [-0.4, -0.2) is 20.1 Å². The van der Waals surface area contributed by atoms with Crippen LogP contribution in [0.4, 0.5) is 0 Å². The molecule has 0 fully saturated rings. The van der Waals surface area contributed by atoms with Crippen LogP contribution in [0.25, 0.3) is 0 Å². The highest BCUT2D eigenvalue weighted by molar-refractivity contribution is 7.89. The van der Waals surface area contributed by atoms with Gasteiger partial charge in [0.2, 0.25) is 10.0 Å². The van der Waals surface area contributed by atoms with Gasteiger partial charge in [0, 0.05) is 18.4 Å². The van der Waals surface area contributed by atoms with Gasteiger partial charge in [-0.1, -0.05) is 35.9 Å². The van der Waals surface area contributed by atoms with Gasteiger partial charge in [0.25, 0.3) is 0 Å². The molecule has 1 heterocycles. The lowest BCUT2D eigenvalue weighted by Crippen LogP contribution is -2.24. The molecular formula is C20H21ClN2O3S. The van der Waals surface area contributed by atoms with E-state index in [2.05, 4.69) is 23.8 Å². The Balaban J connectivity index is 1.74. The second-order valence-electron chi connectivity index (χ2n) is 6.17. The number of sulfonamides is 1. The van der Waals surface area contributed by atoms with Gasteiger partial charge in [-0.05, 0) is 48.4 Å². The molecule has 0 spiro atoms.